The van der Waals surface area contributed by atoms with Crippen molar-refractivity contribution < 1.29 is 4.79 Å². The van der Waals surface area contributed by atoms with Crippen molar-refractivity contribution in [2.24, 2.45) is 5.92 Å². The molecule has 6 heteroatoms. The van der Waals surface area contributed by atoms with Gasteiger partial charge < -0.3 is 9.80 Å². The van der Waals surface area contributed by atoms with Crippen molar-refractivity contribution in [3.8, 4) is 6.07 Å². The van der Waals surface area contributed by atoms with Gasteiger partial charge in [0.1, 0.15) is 11.9 Å². The van der Waals surface area contributed by atoms with Crippen LogP contribution in [0.5, 0.6) is 0 Å². The molecule has 1 atom stereocenters. The third kappa shape index (κ3) is 3.41. The molecule has 4 rings (SSSR count). The standard InChI is InChI=1S/C20H27N5O/c1-23-10-11-25(18-5-4-17(12-21)13-22-18)15-20(23)7-6-19(26)24(9-8-20)14-16-2-3-16/h4-5,13,16H,2-3,6-11,14-15H2,1H3. The van der Waals surface area contributed by atoms with Gasteiger partial charge in [0.2, 0.25) is 5.91 Å². The summed E-state index contributed by atoms with van der Waals surface area (Å²) in [6.07, 6.45) is 6.80. The van der Waals surface area contributed by atoms with Crippen molar-refractivity contribution in [3.63, 3.8) is 0 Å². The lowest BCUT2D eigenvalue weighted by Gasteiger charge is -2.49. The van der Waals surface area contributed by atoms with Crippen LogP contribution < -0.4 is 4.90 Å². The molecule has 0 radical (unpaired) electrons. The van der Waals surface area contributed by atoms with Gasteiger partial charge in [-0.3, -0.25) is 9.69 Å². The number of carbonyl (C=O) groups is 1. The van der Waals surface area contributed by atoms with Gasteiger partial charge in [0.05, 0.1) is 5.56 Å². The van der Waals surface area contributed by atoms with Crippen LogP contribution in [0.25, 0.3) is 0 Å². The van der Waals surface area contributed by atoms with E-state index in [0.29, 0.717) is 17.9 Å². The third-order valence-electron chi connectivity index (χ3n) is 6.38. The molecule has 0 aromatic carbocycles. The molecule has 2 saturated heterocycles. The molecule has 26 heavy (non-hydrogen) atoms. The fraction of sp³-hybridized carbons (Fsp3) is 0.650. The number of carbonyl (C=O) groups excluding carboxylic acids is 1. The van der Waals surface area contributed by atoms with Crippen LogP contribution in [0.3, 0.4) is 0 Å². The predicted molar refractivity (Wildman–Crippen MR) is 99.7 cm³/mol. The number of likely N-dealkylation sites (N-methyl/N-ethyl adjacent to an activating group) is 1. The lowest BCUT2D eigenvalue weighted by atomic mass is 9.86. The van der Waals surface area contributed by atoms with Crippen LogP contribution in [-0.2, 0) is 4.79 Å². The Balaban J connectivity index is 1.49. The Morgan fingerprint density at radius 3 is 2.81 bits per heavy atom. The summed E-state index contributed by atoms with van der Waals surface area (Å²) in [6, 6.07) is 5.91. The number of rotatable bonds is 3. The van der Waals surface area contributed by atoms with E-state index in [1.807, 2.05) is 12.1 Å². The molecule has 0 bridgehead atoms. The van der Waals surface area contributed by atoms with Crippen molar-refractivity contribution >= 4 is 11.7 Å². The Kier molecular flexibility index (Phi) is 4.58. The average molecular weight is 353 g/mol. The molecule has 138 valence electrons. The van der Waals surface area contributed by atoms with Crippen molar-refractivity contribution in [3.05, 3.63) is 23.9 Å². The molecule has 3 fully saturated rings. The normalized spacial score (nSPS) is 27.5. The second-order valence-corrected chi connectivity index (χ2v) is 8.12. The van der Waals surface area contributed by atoms with Gasteiger partial charge in [-0.1, -0.05) is 0 Å². The summed E-state index contributed by atoms with van der Waals surface area (Å²) >= 11 is 0. The first kappa shape index (κ1) is 17.3. The van der Waals surface area contributed by atoms with Gasteiger partial charge in [0.15, 0.2) is 0 Å². The number of anilines is 1. The number of amides is 1. The van der Waals surface area contributed by atoms with Gasteiger partial charge in [0.25, 0.3) is 0 Å². The van der Waals surface area contributed by atoms with Crippen molar-refractivity contribution in [2.75, 3.05) is 44.7 Å². The van der Waals surface area contributed by atoms with Crippen LogP contribution in [0, 0.1) is 17.2 Å². The molecule has 3 heterocycles. The zero-order valence-electron chi connectivity index (χ0n) is 15.5. The van der Waals surface area contributed by atoms with E-state index in [9.17, 15) is 4.79 Å². The second-order valence-electron chi connectivity index (χ2n) is 8.12. The van der Waals surface area contributed by atoms with Crippen molar-refractivity contribution in [1.29, 1.82) is 5.26 Å². The summed E-state index contributed by atoms with van der Waals surface area (Å²) in [5.41, 5.74) is 0.621. The summed E-state index contributed by atoms with van der Waals surface area (Å²) in [5.74, 6) is 2.01. The van der Waals surface area contributed by atoms with E-state index in [-0.39, 0.29) is 5.54 Å². The Bertz CT molecular complexity index is 708. The van der Waals surface area contributed by atoms with Gasteiger partial charge >= 0.3 is 0 Å². The zero-order chi connectivity index (χ0) is 18.1. The molecule has 1 saturated carbocycles. The number of nitriles is 1. The molecule has 1 spiro atoms. The number of likely N-dealkylation sites (tertiary alicyclic amines) is 1. The van der Waals surface area contributed by atoms with E-state index in [0.717, 1.165) is 57.3 Å². The molecule has 1 aromatic heterocycles. The zero-order valence-corrected chi connectivity index (χ0v) is 15.5. The Morgan fingerprint density at radius 1 is 1.27 bits per heavy atom. The van der Waals surface area contributed by atoms with Crippen LogP contribution >= 0.6 is 0 Å². The minimum absolute atomic E-state index is 0.0296. The number of hydrogen-bond donors (Lipinski definition) is 0. The number of hydrogen-bond acceptors (Lipinski definition) is 5. The molecule has 1 amide bonds. The molecular weight excluding hydrogens is 326 g/mol. The fourth-order valence-electron chi connectivity index (χ4n) is 4.33. The lowest BCUT2D eigenvalue weighted by Crippen LogP contribution is -2.61. The second kappa shape index (κ2) is 6.88. The maximum atomic E-state index is 12.6. The van der Waals surface area contributed by atoms with Crippen LogP contribution in [-0.4, -0.2) is 66.0 Å². The minimum atomic E-state index is 0.0296. The summed E-state index contributed by atoms with van der Waals surface area (Å²) < 4.78 is 0. The maximum Gasteiger partial charge on any atom is 0.222 e. The maximum absolute atomic E-state index is 12.6. The summed E-state index contributed by atoms with van der Waals surface area (Å²) in [4.78, 5) is 24.0. The fourth-order valence-corrected chi connectivity index (χ4v) is 4.33. The molecule has 3 aliphatic rings. The quantitative estimate of drug-likeness (QED) is 0.830. The first-order valence-electron chi connectivity index (χ1n) is 9.70. The Labute approximate surface area is 155 Å². The van der Waals surface area contributed by atoms with E-state index >= 15 is 0 Å². The third-order valence-corrected chi connectivity index (χ3v) is 6.38. The number of piperazine rings is 1. The Hall–Kier alpha value is -2.13. The molecular formula is C20H27N5O. The first-order chi connectivity index (χ1) is 12.6. The minimum Gasteiger partial charge on any atom is -0.353 e. The highest BCUT2D eigenvalue weighted by Crippen LogP contribution is 2.35. The van der Waals surface area contributed by atoms with E-state index in [1.54, 1.807) is 6.20 Å². The smallest absolute Gasteiger partial charge is 0.222 e. The molecule has 1 aromatic rings. The predicted octanol–water partition coefficient (Wildman–Crippen LogP) is 1.87. The molecule has 1 aliphatic carbocycles. The highest BCUT2D eigenvalue weighted by molar-refractivity contribution is 5.76. The average Bonchev–Trinajstić information content (AvgIpc) is 3.50. The summed E-state index contributed by atoms with van der Waals surface area (Å²) in [5, 5.41) is 8.97. The summed E-state index contributed by atoms with van der Waals surface area (Å²) in [6.45, 7) is 4.62. The largest absolute Gasteiger partial charge is 0.353 e. The molecule has 1 unspecified atom stereocenters. The van der Waals surface area contributed by atoms with E-state index in [1.165, 1.54) is 12.8 Å². The highest BCUT2D eigenvalue weighted by Gasteiger charge is 2.43. The van der Waals surface area contributed by atoms with Gasteiger partial charge in [-0.25, -0.2) is 4.98 Å². The number of nitrogens with zero attached hydrogens (tertiary/aromatic N) is 5. The molecule has 6 nitrogen and oxygen atoms in total. The Morgan fingerprint density at radius 2 is 2.12 bits per heavy atom. The van der Waals surface area contributed by atoms with Crippen molar-refractivity contribution in [1.82, 2.24) is 14.8 Å². The summed E-state index contributed by atoms with van der Waals surface area (Å²) in [7, 11) is 2.20. The first-order valence-corrected chi connectivity index (χ1v) is 9.70. The number of aromatic nitrogens is 1. The van der Waals surface area contributed by atoms with E-state index < -0.39 is 0 Å². The van der Waals surface area contributed by atoms with Crippen LogP contribution in [0.2, 0.25) is 0 Å². The van der Waals surface area contributed by atoms with Gasteiger partial charge in [0, 0.05) is 50.9 Å². The molecule has 2 aliphatic heterocycles. The topological polar surface area (TPSA) is 63.5 Å². The van der Waals surface area contributed by atoms with Gasteiger partial charge in [-0.05, 0) is 50.8 Å². The van der Waals surface area contributed by atoms with Crippen LogP contribution in [0.4, 0.5) is 5.82 Å². The van der Waals surface area contributed by atoms with Gasteiger partial charge in [-0.15, -0.1) is 0 Å². The van der Waals surface area contributed by atoms with Crippen LogP contribution in [0.15, 0.2) is 18.3 Å². The number of pyridine rings is 1. The monoisotopic (exact) mass is 353 g/mol. The lowest BCUT2D eigenvalue weighted by molar-refractivity contribution is -0.130. The van der Waals surface area contributed by atoms with E-state index in [2.05, 4.69) is 32.8 Å². The SMILES string of the molecule is CN1CCN(c2ccc(C#N)cn2)CC12CCC(=O)N(CC1CC1)CC2. The van der Waals surface area contributed by atoms with Crippen LogP contribution in [0.1, 0.15) is 37.7 Å². The molecule has 0 N–H and O–H groups in total. The highest BCUT2D eigenvalue weighted by atomic mass is 16.2. The van der Waals surface area contributed by atoms with Crippen molar-refractivity contribution in [2.45, 2.75) is 37.6 Å². The van der Waals surface area contributed by atoms with E-state index in [4.69, 9.17) is 5.26 Å². The van der Waals surface area contributed by atoms with Gasteiger partial charge in [-0.2, -0.15) is 5.26 Å².